The molecule has 1 amide bonds. The van der Waals surface area contributed by atoms with Crippen LogP contribution < -0.4 is 10.6 Å². The van der Waals surface area contributed by atoms with Crippen molar-refractivity contribution in [2.75, 3.05) is 11.5 Å². The number of hydrogen-bond acceptors (Lipinski definition) is 3. The van der Waals surface area contributed by atoms with E-state index >= 15 is 0 Å². The van der Waals surface area contributed by atoms with Gasteiger partial charge in [-0.25, -0.2) is 0 Å². The largest absolute Gasteiger partial charge is 0.351 e. The first kappa shape index (κ1) is 15.2. The molecule has 4 unspecified atom stereocenters. The normalized spacial score (nSPS) is 32.4. The summed E-state index contributed by atoms with van der Waals surface area (Å²) in [6.45, 7) is 4.26. The van der Waals surface area contributed by atoms with Crippen LogP contribution in [-0.2, 0) is 4.79 Å². The van der Waals surface area contributed by atoms with Gasteiger partial charge in [-0.2, -0.15) is 11.8 Å². The van der Waals surface area contributed by atoms with E-state index in [0.29, 0.717) is 6.04 Å². The molecule has 0 aromatic carbocycles. The Hall–Kier alpha value is -0.220. The fourth-order valence-electron chi connectivity index (χ4n) is 3.38. The van der Waals surface area contributed by atoms with E-state index in [2.05, 4.69) is 24.5 Å². The summed E-state index contributed by atoms with van der Waals surface area (Å²) >= 11 is 1.89. The van der Waals surface area contributed by atoms with Crippen LogP contribution in [0.4, 0.5) is 0 Å². The van der Waals surface area contributed by atoms with Crippen LogP contribution in [0.25, 0.3) is 0 Å². The van der Waals surface area contributed by atoms with E-state index in [1.54, 1.807) is 0 Å². The topological polar surface area (TPSA) is 41.1 Å². The van der Waals surface area contributed by atoms with Gasteiger partial charge in [0.15, 0.2) is 0 Å². The van der Waals surface area contributed by atoms with Crippen molar-refractivity contribution in [3.8, 4) is 0 Å². The molecule has 0 bridgehead atoms. The second-order valence-corrected chi connectivity index (χ2v) is 7.34. The number of carbonyl (C=O) groups excluding carboxylic acids is 1. The monoisotopic (exact) mass is 284 g/mol. The summed E-state index contributed by atoms with van der Waals surface area (Å²) in [5, 5.41) is 6.76. The summed E-state index contributed by atoms with van der Waals surface area (Å²) in [5.74, 6) is 3.17. The van der Waals surface area contributed by atoms with Gasteiger partial charge in [-0.05, 0) is 44.3 Å². The van der Waals surface area contributed by atoms with Gasteiger partial charge in [0, 0.05) is 17.8 Å². The number of rotatable bonds is 5. The zero-order valence-electron chi connectivity index (χ0n) is 12.3. The molecule has 0 radical (unpaired) electrons. The highest BCUT2D eigenvalue weighted by atomic mass is 32.2. The van der Waals surface area contributed by atoms with E-state index in [-0.39, 0.29) is 18.0 Å². The van der Waals surface area contributed by atoms with Crippen LogP contribution in [0, 0.1) is 5.92 Å². The molecule has 1 heterocycles. The van der Waals surface area contributed by atoms with Crippen LogP contribution in [0.1, 0.15) is 52.4 Å². The average Bonchev–Trinajstić information content (AvgIpc) is 2.44. The Bertz CT molecular complexity index is 298. The SMILES string of the molecule is CCSCC(C)NC(=O)C1CCC2CCCCC2N1. The molecule has 1 saturated carbocycles. The predicted molar refractivity (Wildman–Crippen MR) is 82.5 cm³/mol. The highest BCUT2D eigenvalue weighted by Crippen LogP contribution is 2.32. The van der Waals surface area contributed by atoms with Crippen molar-refractivity contribution in [1.82, 2.24) is 10.6 Å². The summed E-state index contributed by atoms with van der Waals surface area (Å²) in [5.41, 5.74) is 0. The van der Waals surface area contributed by atoms with Crippen LogP contribution in [0.5, 0.6) is 0 Å². The third kappa shape index (κ3) is 4.38. The van der Waals surface area contributed by atoms with Crippen LogP contribution in [0.3, 0.4) is 0 Å². The number of amides is 1. The second kappa shape index (κ2) is 7.53. The van der Waals surface area contributed by atoms with Gasteiger partial charge in [0.1, 0.15) is 0 Å². The molecule has 0 spiro atoms. The van der Waals surface area contributed by atoms with Gasteiger partial charge in [0.2, 0.25) is 5.91 Å². The van der Waals surface area contributed by atoms with Gasteiger partial charge in [-0.15, -0.1) is 0 Å². The van der Waals surface area contributed by atoms with E-state index in [1.807, 2.05) is 11.8 Å². The average molecular weight is 284 g/mol. The number of nitrogens with one attached hydrogen (secondary N) is 2. The number of hydrogen-bond donors (Lipinski definition) is 2. The zero-order valence-corrected chi connectivity index (χ0v) is 13.1. The molecule has 3 nitrogen and oxygen atoms in total. The molecule has 0 aromatic heterocycles. The first-order valence-corrected chi connectivity index (χ1v) is 9.00. The lowest BCUT2D eigenvalue weighted by atomic mass is 9.77. The van der Waals surface area contributed by atoms with Crippen LogP contribution in [-0.4, -0.2) is 35.5 Å². The van der Waals surface area contributed by atoms with E-state index in [0.717, 1.165) is 23.8 Å². The summed E-state index contributed by atoms with van der Waals surface area (Å²) in [6.07, 6.45) is 7.57. The minimum atomic E-state index is 0.0495. The lowest BCUT2D eigenvalue weighted by Gasteiger charge is -2.40. The molecule has 4 atom stereocenters. The lowest BCUT2D eigenvalue weighted by Crippen LogP contribution is -2.56. The molecule has 2 aliphatic rings. The first-order valence-electron chi connectivity index (χ1n) is 7.85. The molecule has 1 saturated heterocycles. The number of carbonyl (C=O) groups is 1. The van der Waals surface area contributed by atoms with Gasteiger partial charge < -0.3 is 10.6 Å². The van der Waals surface area contributed by atoms with Gasteiger partial charge in [-0.1, -0.05) is 19.8 Å². The molecule has 4 heteroatoms. The third-order valence-corrected chi connectivity index (χ3v) is 5.57. The molecule has 1 aliphatic heterocycles. The van der Waals surface area contributed by atoms with Crippen LogP contribution in [0.2, 0.25) is 0 Å². The highest BCUT2D eigenvalue weighted by Gasteiger charge is 2.34. The lowest BCUT2D eigenvalue weighted by molar-refractivity contribution is -0.125. The molecular weight excluding hydrogens is 256 g/mol. The van der Waals surface area contributed by atoms with Crippen molar-refractivity contribution in [3.63, 3.8) is 0 Å². The summed E-state index contributed by atoms with van der Waals surface area (Å²) in [7, 11) is 0. The number of fused-ring (bicyclic) bond motifs is 1. The van der Waals surface area contributed by atoms with Gasteiger partial charge in [0.05, 0.1) is 6.04 Å². The molecule has 2 N–H and O–H groups in total. The van der Waals surface area contributed by atoms with E-state index in [9.17, 15) is 4.79 Å². The Morgan fingerprint density at radius 2 is 2.11 bits per heavy atom. The Morgan fingerprint density at radius 3 is 2.89 bits per heavy atom. The number of thioether (sulfide) groups is 1. The van der Waals surface area contributed by atoms with E-state index < -0.39 is 0 Å². The Balaban J connectivity index is 1.76. The molecule has 2 fully saturated rings. The standard InChI is InChI=1S/C15H28N2OS/c1-3-19-10-11(2)16-15(18)14-9-8-12-6-4-5-7-13(12)17-14/h11-14,17H,3-10H2,1-2H3,(H,16,18). The smallest absolute Gasteiger partial charge is 0.237 e. The van der Waals surface area contributed by atoms with Crippen LogP contribution in [0.15, 0.2) is 0 Å². The van der Waals surface area contributed by atoms with Crippen molar-refractivity contribution in [2.24, 2.45) is 5.92 Å². The maximum atomic E-state index is 12.3. The van der Waals surface area contributed by atoms with Crippen molar-refractivity contribution in [1.29, 1.82) is 0 Å². The van der Waals surface area contributed by atoms with Crippen molar-refractivity contribution in [2.45, 2.75) is 70.5 Å². The zero-order chi connectivity index (χ0) is 13.7. The van der Waals surface area contributed by atoms with Gasteiger partial charge in [-0.3, -0.25) is 4.79 Å². The molecular formula is C15H28N2OS. The molecule has 1 aliphatic carbocycles. The van der Waals surface area contributed by atoms with Crippen molar-refractivity contribution < 1.29 is 4.79 Å². The first-order chi connectivity index (χ1) is 9.20. The molecule has 19 heavy (non-hydrogen) atoms. The maximum absolute atomic E-state index is 12.3. The quantitative estimate of drug-likeness (QED) is 0.815. The van der Waals surface area contributed by atoms with E-state index in [1.165, 1.54) is 32.1 Å². The minimum absolute atomic E-state index is 0.0495. The number of piperidine rings is 1. The van der Waals surface area contributed by atoms with Gasteiger partial charge >= 0.3 is 0 Å². The molecule has 0 aromatic rings. The summed E-state index contributed by atoms with van der Waals surface area (Å²) < 4.78 is 0. The Labute approximate surface area is 121 Å². The second-order valence-electron chi connectivity index (χ2n) is 6.02. The highest BCUT2D eigenvalue weighted by molar-refractivity contribution is 7.99. The van der Waals surface area contributed by atoms with Crippen LogP contribution >= 0.6 is 11.8 Å². The Kier molecular flexibility index (Phi) is 6.02. The summed E-state index contributed by atoms with van der Waals surface area (Å²) in [6, 6.07) is 0.926. The van der Waals surface area contributed by atoms with E-state index in [4.69, 9.17) is 0 Å². The summed E-state index contributed by atoms with van der Waals surface area (Å²) in [4.78, 5) is 12.3. The molecule has 110 valence electrons. The third-order valence-electron chi connectivity index (χ3n) is 4.43. The fourth-order valence-corrected chi connectivity index (χ4v) is 4.05. The van der Waals surface area contributed by atoms with Crippen molar-refractivity contribution >= 4 is 17.7 Å². The predicted octanol–water partition coefficient (Wildman–Crippen LogP) is 2.55. The molecule has 2 rings (SSSR count). The maximum Gasteiger partial charge on any atom is 0.237 e. The van der Waals surface area contributed by atoms with Gasteiger partial charge in [0.25, 0.3) is 0 Å². The Morgan fingerprint density at radius 1 is 1.32 bits per heavy atom. The fraction of sp³-hybridized carbons (Fsp3) is 0.933. The van der Waals surface area contributed by atoms with Crippen molar-refractivity contribution in [3.05, 3.63) is 0 Å². The minimum Gasteiger partial charge on any atom is -0.351 e.